The summed E-state index contributed by atoms with van der Waals surface area (Å²) in [5.74, 6) is -0.941. The van der Waals surface area contributed by atoms with Crippen molar-refractivity contribution in [3.63, 3.8) is 0 Å². The van der Waals surface area contributed by atoms with Crippen LogP contribution >= 0.6 is 11.6 Å². The normalized spacial score (nSPS) is 19.7. The van der Waals surface area contributed by atoms with Gasteiger partial charge in [0.1, 0.15) is 0 Å². The Kier molecular flexibility index (Phi) is 3.83. The van der Waals surface area contributed by atoms with Crippen LogP contribution in [-0.4, -0.2) is 23.3 Å². The zero-order chi connectivity index (χ0) is 16.6. The molecule has 3 rings (SSSR count). The van der Waals surface area contributed by atoms with E-state index in [0.717, 1.165) is 0 Å². The summed E-state index contributed by atoms with van der Waals surface area (Å²) in [6.45, 7) is 3.84. The van der Waals surface area contributed by atoms with Gasteiger partial charge in [-0.15, -0.1) is 6.58 Å². The first-order chi connectivity index (χ1) is 11.0. The molecule has 1 amide bonds. The molecule has 1 aliphatic rings. The zero-order valence-electron chi connectivity index (χ0n) is 12.2. The van der Waals surface area contributed by atoms with Crippen LogP contribution in [0.5, 0.6) is 0 Å². The number of halogens is 1. The van der Waals surface area contributed by atoms with Gasteiger partial charge in [0.25, 0.3) is 5.91 Å². The highest BCUT2D eigenvalue weighted by Crippen LogP contribution is 2.44. The van der Waals surface area contributed by atoms with Crippen molar-refractivity contribution in [3.05, 3.63) is 65.6 Å². The van der Waals surface area contributed by atoms with Crippen LogP contribution in [0.4, 0.5) is 5.69 Å². The minimum atomic E-state index is -1.97. The highest BCUT2D eigenvalue weighted by atomic mass is 35.5. The second-order valence-electron chi connectivity index (χ2n) is 5.30. The Morgan fingerprint density at radius 1 is 1.43 bits per heavy atom. The minimum absolute atomic E-state index is 0.0944. The Morgan fingerprint density at radius 3 is 2.87 bits per heavy atom. The third kappa shape index (κ3) is 2.48. The van der Waals surface area contributed by atoms with Crippen LogP contribution in [0.1, 0.15) is 22.5 Å². The predicted molar refractivity (Wildman–Crippen MR) is 85.6 cm³/mol. The summed E-state index contributed by atoms with van der Waals surface area (Å²) in [4.78, 5) is 26.4. The lowest BCUT2D eigenvalue weighted by Crippen LogP contribution is -2.41. The van der Waals surface area contributed by atoms with Crippen molar-refractivity contribution >= 4 is 29.0 Å². The van der Waals surface area contributed by atoms with Crippen molar-refractivity contribution in [2.45, 2.75) is 12.0 Å². The summed E-state index contributed by atoms with van der Waals surface area (Å²) in [6, 6.07) is 7.85. The number of nitrogens with zero attached hydrogens (tertiary/aromatic N) is 1. The Hall–Kier alpha value is -2.37. The molecule has 2 aromatic rings. The molecule has 1 aliphatic heterocycles. The molecule has 6 heteroatoms. The molecule has 1 atom stereocenters. The van der Waals surface area contributed by atoms with E-state index >= 15 is 0 Å². The van der Waals surface area contributed by atoms with Crippen molar-refractivity contribution < 1.29 is 19.1 Å². The number of carbonyl (C=O) groups excluding carboxylic acids is 2. The number of anilines is 1. The van der Waals surface area contributed by atoms with Crippen LogP contribution in [0.15, 0.2) is 53.7 Å². The van der Waals surface area contributed by atoms with E-state index in [4.69, 9.17) is 16.0 Å². The van der Waals surface area contributed by atoms with Gasteiger partial charge in [-0.25, -0.2) is 0 Å². The number of hydrogen-bond acceptors (Lipinski definition) is 4. The maximum absolute atomic E-state index is 12.7. The summed E-state index contributed by atoms with van der Waals surface area (Å²) in [6.07, 6.45) is 2.50. The third-order valence-electron chi connectivity index (χ3n) is 3.82. The minimum Gasteiger partial charge on any atom is -0.461 e. The van der Waals surface area contributed by atoms with Gasteiger partial charge < -0.3 is 14.4 Å². The van der Waals surface area contributed by atoms with Gasteiger partial charge in [-0.1, -0.05) is 17.7 Å². The first-order valence-electron chi connectivity index (χ1n) is 6.99. The number of amides is 1. The smallest absolute Gasteiger partial charge is 0.264 e. The van der Waals surface area contributed by atoms with Gasteiger partial charge in [0.2, 0.25) is 5.78 Å². The number of hydrogen-bond donors (Lipinski definition) is 1. The second kappa shape index (κ2) is 5.68. The molecule has 23 heavy (non-hydrogen) atoms. The average Bonchev–Trinajstić information content (AvgIpc) is 3.11. The molecule has 0 fully saturated rings. The van der Waals surface area contributed by atoms with E-state index in [-0.39, 0.29) is 12.3 Å². The molecule has 118 valence electrons. The van der Waals surface area contributed by atoms with E-state index in [2.05, 4.69) is 6.58 Å². The number of furan rings is 1. The summed E-state index contributed by atoms with van der Waals surface area (Å²) in [5.41, 5.74) is -1.13. The molecule has 0 saturated carbocycles. The molecule has 1 N–H and O–H groups in total. The standard InChI is InChI=1S/C17H14ClNO4/c1-2-7-19-13-6-5-11(18)9-12(13)17(22,16(19)21)10-14(20)15-4-3-8-23-15/h2-6,8-9,22H,1,7,10H2/t17-/m0/s1. The molecule has 2 heterocycles. The summed E-state index contributed by atoms with van der Waals surface area (Å²) >= 11 is 5.99. The van der Waals surface area contributed by atoms with Crippen LogP contribution in [0.2, 0.25) is 5.02 Å². The van der Waals surface area contributed by atoms with Gasteiger partial charge in [0.05, 0.1) is 18.4 Å². The quantitative estimate of drug-likeness (QED) is 0.675. The van der Waals surface area contributed by atoms with Crippen LogP contribution in [-0.2, 0) is 10.4 Å². The Morgan fingerprint density at radius 2 is 2.22 bits per heavy atom. The number of ketones is 1. The van der Waals surface area contributed by atoms with Crippen LogP contribution < -0.4 is 4.90 Å². The molecule has 0 spiro atoms. The summed E-state index contributed by atoms with van der Waals surface area (Å²) in [5, 5.41) is 11.3. The van der Waals surface area contributed by atoms with Gasteiger partial charge in [-0.3, -0.25) is 9.59 Å². The van der Waals surface area contributed by atoms with Crippen molar-refractivity contribution in [2.24, 2.45) is 0 Å². The van der Waals surface area contributed by atoms with Gasteiger partial charge in [0.15, 0.2) is 11.4 Å². The number of Topliss-reactive ketones (excluding diaryl/α,β-unsaturated/α-hetero) is 1. The lowest BCUT2D eigenvalue weighted by atomic mass is 9.89. The number of benzene rings is 1. The first kappa shape index (κ1) is 15.5. The highest BCUT2D eigenvalue weighted by Gasteiger charge is 2.51. The van der Waals surface area contributed by atoms with Crippen molar-refractivity contribution in [2.75, 3.05) is 11.4 Å². The molecule has 0 radical (unpaired) electrons. The fourth-order valence-corrected chi connectivity index (χ4v) is 2.93. The Labute approximate surface area is 137 Å². The van der Waals surface area contributed by atoms with Crippen LogP contribution in [0.3, 0.4) is 0 Å². The van der Waals surface area contributed by atoms with E-state index in [9.17, 15) is 14.7 Å². The zero-order valence-corrected chi connectivity index (χ0v) is 12.9. The summed E-state index contributed by atoms with van der Waals surface area (Å²) in [7, 11) is 0. The first-order valence-corrected chi connectivity index (χ1v) is 7.37. The Bertz CT molecular complexity index is 784. The maximum atomic E-state index is 12.7. The molecule has 0 bridgehead atoms. The van der Waals surface area contributed by atoms with Crippen molar-refractivity contribution in [3.8, 4) is 0 Å². The Balaban J connectivity index is 2.04. The van der Waals surface area contributed by atoms with Gasteiger partial charge in [0, 0.05) is 17.1 Å². The largest absolute Gasteiger partial charge is 0.461 e. The SMILES string of the molecule is C=CCN1C(=O)[C@](O)(CC(=O)c2ccco2)c2cc(Cl)ccc21. The third-order valence-corrected chi connectivity index (χ3v) is 4.05. The van der Waals surface area contributed by atoms with E-state index in [1.807, 2.05) is 0 Å². The number of carbonyl (C=O) groups is 2. The number of fused-ring (bicyclic) bond motifs is 1. The van der Waals surface area contributed by atoms with E-state index in [1.165, 1.54) is 23.3 Å². The predicted octanol–water partition coefficient (Wildman–Crippen LogP) is 2.93. The van der Waals surface area contributed by atoms with Crippen LogP contribution in [0.25, 0.3) is 0 Å². The van der Waals surface area contributed by atoms with Gasteiger partial charge in [-0.2, -0.15) is 0 Å². The monoisotopic (exact) mass is 331 g/mol. The average molecular weight is 332 g/mol. The van der Waals surface area contributed by atoms with E-state index in [0.29, 0.717) is 16.3 Å². The topological polar surface area (TPSA) is 70.8 Å². The molecule has 0 aliphatic carbocycles. The van der Waals surface area contributed by atoms with E-state index < -0.39 is 23.7 Å². The second-order valence-corrected chi connectivity index (χ2v) is 5.74. The molecular formula is C17H14ClNO4. The lowest BCUT2D eigenvalue weighted by Gasteiger charge is -2.21. The lowest BCUT2D eigenvalue weighted by molar-refractivity contribution is -0.135. The molecule has 0 unspecified atom stereocenters. The van der Waals surface area contributed by atoms with Gasteiger partial charge >= 0.3 is 0 Å². The maximum Gasteiger partial charge on any atom is 0.264 e. The highest BCUT2D eigenvalue weighted by molar-refractivity contribution is 6.31. The fraction of sp³-hybridized carbons (Fsp3) is 0.176. The van der Waals surface area contributed by atoms with Crippen molar-refractivity contribution in [1.82, 2.24) is 0 Å². The molecule has 5 nitrogen and oxygen atoms in total. The van der Waals surface area contributed by atoms with Gasteiger partial charge in [-0.05, 0) is 30.3 Å². The molecule has 1 aromatic heterocycles. The van der Waals surface area contributed by atoms with E-state index in [1.54, 1.807) is 24.3 Å². The number of rotatable bonds is 5. The van der Waals surface area contributed by atoms with Crippen LogP contribution in [0, 0.1) is 0 Å². The summed E-state index contributed by atoms with van der Waals surface area (Å²) < 4.78 is 5.04. The fourth-order valence-electron chi connectivity index (χ4n) is 2.76. The molecule has 0 saturated heterocycles. The molecule has 1 aromatic carbocycles. The van der Waals surface area contributed by atoms with Crippen molar-refractivity contribution in [1.29, 1.82) is 0 Å². The molecular weight excluding hydrogens is 318 g/mol. The number of aliphatic hydroxyl groups is 1.